The Bertz CT molecular complexity index is 758. The fourth-order valence-corrected chi connectivity index (χ4v) is 2.66. The van der Waals surface area contributed by atoms with E-state index < -0.39 is 0 Å². The molecule has 0 aromatic heterocycles. The number of nitrogens with one attached hydrogen (secondary N) is 1. The molecule has 3 rings (SSSR count). The van der Waals surface area contributed by atoms with Crippen LogP contribution in [-0.4, -0.2) is 21.3 Å². The van der Waals surface area contributed by atoms with Crippen LogP contribution in [0.2, 0.25) is 0 Å². The van der Waals surface area contributed by atoms with Gasteiger partial charge in [-0.15, -0.1) is 0 Å². The van der Waals surface area contributed by atoms with E-state index in [4.69, 9.17) is 24.7 Å². The molecule has 0 radical (unpaired) electrons. The van der Waals surface area contributed by atoms with Crippen molar-refractivity contribution in [2.45, 2.75) is 6.42 Å². The van der Waals surface area contributed by atoms with Crippen LogP contribution in [0.25, 0.3) is 0 Å². The molecule has 6 heteroatoms. The van der Waals surface area contributed by atoms with Gasteiger partial charge in [-0.1, -0.05) is 0 Å². The van der Waals surface area contributed by atoms with Gasteiger partial charge in [0.15, 0.2) is 17.4 Å². The molecule has 1 aliphatic carbocycles. The van der Waals surface area contributed by atoms with Gasteiger partial charge in [0, 0.05) is 23.8 Å². The summed E-state index contributed by atoms with van der Waals surface area (Å²) < 4.78 is 21.6. The molecule has 0 saturated carbocycles. The van der Waals surface area contributed by atoms with E-state index in [-0.39, 0.29) is 5.88 Å². The van der Waals surface area contributed by atoms with Gasteiger partial charge in [0.25, 0.3) is 0 Å². The molecule has 0 atom stereocenters. The third-order valence-electron chi connectivity index (χ3n) is 3.82. The van der Waals surface area contributed by atoms with Gasteiger partial charge in [0.2, 0.25) is 5.76 Å². The fourth-order valence-electron chi connectivity index (χ4n) is 2.66. The minimum Gasteiger partial charge on any atom is -0.497 e. The smallest absolute Gasteiger partial charge is 0.204 e. The summed E-state index contributed by atoms with van der Waals surface area (Å²) in [5.41, 5.74) is 8.67. The zero-order valence-electron chi connectivity index (χ0n) is 13.9. The summed E-state index contributed by atoms with van der Waals surface area (Å²) in [6.07, 6.45) is 4.36. The van der Waals surface area contributed by atoms with E-state index in [0.717, 1.165) is 22.7 Å². The van der Waals surface area contributed by atoms with Crippen molar-refractivity contribution in [1.29, 1.82) is 0 Å². The highest BCUT2D eigenvalue weighted by Gasteiger charge is 2.29. The minimum atomic E-state index is 0.289. The molecule has 6 nitrogen and oxygen atoms in total. The average molecular weight is 328 g/mol. The number of allylic oxidation sites excluding steroid dienone is 3. The van der Waals surface area contributed by atoms with E-state index in [0.29, 0.717) is 23.7 Å². The number of anilines is 1. The van der Waals surface area contributed by atoms with Crippen LogP contribution in [0.3, 0.4) is 0 Å². The Balaban J connectivity index is 1.98. The van der Waals surface area contributed by atoms with Crippen molar-refractivity contribution >= 4 is 5.69 Å². The highest BCUT2D eigenvalue weighted by atomic mass is 16.5. The first-order valence-electron chi connectivity index (χ1n) is 7.48. The summed E-state index contributed by atoms with van der Waals surface area (Å²) in [5, 5.41) is 3.37. The lowest BCUT2D eigenvalue weighted by Gasteiger charge is -2.27. The Morgan fingerprint density at radius 1 is 1.04 bits per heavy atom. The van der Waals surface area contributed by atoms with Crippen LogP contribution < -0.4 is 15.8 Å². The molecule has 126 valence electrons. The van der Waals surface area contributed by atoms with Gasteiger partial charge in [0.1, 0.15) is 5.75 Å². The lowest BCUT2D eigenvalue weighted by atomic mass is 9.99. The lowest BCUT2D eigenvalue weighted by Crippen LogP contribution is -2.20. The van der Waals surface area contributed by atoms with Crippen LogP contribution in [0.1, 0.15) is 6.42 Å². The van der Waals surface area contributed by atoms with Crippen LogP contribution in [0, 0.1) is 0 Å². The van der Waals surface area contributed by atoms with Crippen LogP contribution in [-0.2, 0) is 14.2 Å². The first-order valence-corrected chi connectivity index (χ1v) is 7.48. The van der Waals surface area contributed by atoms with Crippen molar-refractivity contribution in [3.63, 3.8) is 0 Å². The van der Waals surface area contributed by atoms with Gasteiger partial charge in [-0.05, 0) is 30.3 Å². The zero-order valence-corrected chi connectivity index (χ0v) is 13.9. The van der Waals surface area contributed by atoms with Gasteiger partial charge in [-0.25, -0.2) is 0 Å². The summed E-state index contributed by atoms with van der Waals surface area (Å²) in [6.45, 7) is 0. The predicted molar refractivity (Wildman–Crippen MR) is 90.7 cm³/mol. The summed E-state index contributed by atoms with van der Waals surface area (Å²) in [4.78, 5) is 0. The maximum absolute atomic E-state index is 5.93. The van der Waals surface area contributed by atoms with Crippen LogP contribution in [0.4, 0.5) is 5.69 Å². The summed E-state index contributed by atoms with van der Waals surface area (Å²) in [5.74, 6) is 2.83. The molecule has 24 heavy (non-hydrogen) atoms. The molecular weight excluding hydrogens is 308 g/mol. The molecule has 1 heterocycles. The molecule has 0 amide bonds. The summed E-state index contributed by atoms with van der Waals surface area (Å²) in [7, 11) is 4.81. The quantitative estimate of drug-likeness (QED) is 0.865. The van der Waals surface area contributed by atoms with Gasteiger partial charge in [-0.2, -0.15) is 0 Å². The third-order valence-corrected chi connectivity index (χ3v) is 3.82. The van der Waals surface area contributed by atoms with Crippen molar-refractivity contribution < 1.29 is 18.9 Å². The second kappa shape index (κ2) is 6.62. The molecule has 0 spiro atoms. The second-order valence-electron chi connectivity index (χ2n) is 5.23. The Morgan fingerprint density at radius 3 is 2.42 bits per heavy atom. The second-order valence-corrected chi connectivity index (χ2v) is 5.23. The van der Waals surface area contributed by atoms with E-state index in [1.807, 2.05) is 30.3 Å². The van der Waals surface area contributed by atoms with Crippen molar-refractivity contribution in [3.8, 4) is 5.75 Å². The van der Waals surface area contributed by atoms with E-state index in [1.54, 1.807) is 27.4 Å². The summed E-state index contributed by atoms with van der Waals surface area (Å²) in [6, 6.07) is 7.65. The van der Waals surface area contributed by atoms with Crippen LogP contribution >= 0.6 is 0 Å². The molecule has 0 fully saturated rings. The number of nitrogens with two attached hydrogens (primary N) is 1. The number of fused-ring (bicyclic) bond motifs is 1. The van der Waals surface area contributed by atoms with E-state index >= 15 is 0 Å². The molecule has 1 aromatic rings. The monoisotopic (exact) mass is 328 g/mol. The first-order chi connectivity index (χ1) is 11.7. The van der Waals surface area contributed by atoms with E-state index in [9.17, 15) is 0 Å². The van der Waals surface area contributed by atoms with Crippen molar-refractivity contribution in [2.24, 2.45) is 5.73 Å². The zero-order chi connectivity index (χ0) is 17.1. The Morgan fingerprint density at radius 2 is 1.79 bits per heavy atom. The molecule has 1 aromatic carbocycles. The van der Waals surface area contributed by atoms with Gasteiger partial charge >= 0.3 is 0 Å². The molecule has 0 saturated heterocycles. The highest BCUT2D eigenvalue weighted by Crippen LogP contribution is 2.37. The number of benzene rings is 1. The summed E-state index contributed by atoms with van der Waals surface area (Å²) >= 11 is 0. The van der Waals surface area contributed by atoms with Gasteiger partial charge < -0.3 is 30.0 Å². The number of ether oxygens (including phenoxy) is 4. The first kappa shape index (κ1) is 15.9. The number of rotatable bonds is 5. The van der Waals surface area contributed by atoms with Crippen molar-refractivity contribution in [2.75, 3.05) is 26.6 Å². The number of hydrogen-bond donors (Lipinski definition) is 2. The topological polar surface area (TPSA) is 75.0 Å². The standard InChI is InChI=1S/C18H20N2O4/c1-21-12-6-4-11(5-7-12)20-14-10-16(19)24-17-13(14)8-9-15(22-2)18(17)23-3/h4-7,9-10,20H,8,19H2,1-3H3. The van der Waals surface area contributed by atoms with E-state index in [2.05, 4.69) is 5.32 Å². The largest absolute Gasteiger partial charge is 0.497 e. The minimum absolute atomic E-state index is 0.289. The predicted octanol–water partition coefficient (Wildman–Crippen LogP) is 2.98. The molecule has 0 bridgehead atoms. The molecule has 1 aliphatic heterocycles. The van der Waals surface area contributed by atoms with Crippen LogP contribution in [0.5, 0.6) is 5.75 Å². The van der Waals surface area contributed by atoms with Crippen LogP contribution in [0.15, 0.2) is 70.8 Å². The van der Waals surface area contributed by atoms with Gasteiger partial charge in [0.05, 0.1) is 27.0 Å². The number of methoxy groups -OCH3 is 3. The Kier molecular flexibility index (Phi) is 4.37. The SMILES string of the molecule is COC1=CCC2=C(Nc3ccc(OC)cc3)C=C(N)OC2=C1OC. The highest BCUT2D eigenvalue weighted by molar-refractivity contribution is 5.59. The van der Waals surface area contributed by atoms with Gasteiger partial charge in [-0.3, -0.25) is 0 Å². The fraction of sp³-hybridized carbons (Fsp3) is 0.222. The lowest BCUT2D eigenvalue weighted by molar-refractivity contribution is 0.185. The molecule has 0 unspecified atom stereocenters. The van der Waals surface area contributed by atoms with Crippen molar-refractivity contribution in [3.05, 3.63) is 70.8 Å². The average Bonchev–Trinajstić information content (AvgIpc) is 2.61. The Labute approximate surface area is 140 Å². The normalized spacial score (nSPS) is 16.6. The van der Waals surface area contributed by atoms with Crippen molar-refractivity contribution in [1.82, 2.24) is 0 Å². The van der Waals surface area contributed by atoms with E-state index in [1.165, 1.54) is 0 Å². The molecular formula is C18H20N2O4. The maximum atomic E-state index is 5.93. The molecule has 2 aliphatic rings. The number of hydrogen-bond acceptors (Lipinski definition) is 6. The Hall–Kier alpha value is -3.02. The maximum Gasteiger partial charge on any atom is 0.204 e. The molecule has 3 N–H and O–H groups in total. The third kappa shape index (κ3) is 2.90.